The summed E-state index contributed by atoms with van der Waals surface area (Å²) in [5.41, 5.74) is 2.05. The molecule has 3 rings (SSSR count). The van der Waals surface area contributed by atoms with Gasteiger partial charge in [-0.25, -0.2) is 9.98 Å². The Morgan fingerprint density at radius 1 is 1.32 bits per heavy atom. The molecule has 0 radical (unpaired) electrons. The number of aryl methyl sites for hydroxylation is 1. The van der Waals surface area contributed by atoms with Gasteiger partial charge in [-0.15, -0.1) is 0 Å². The first-order valence-electron chi connectivity index (χ1n) is 6.84. The van der Waals surface area contributed by atoms with Gasteiger partial charge >= 0.3 is 0 Å². The maximum absolute atomic E-state index is 12.1. The summed E-state index contributed by atoms with van der Waals surface area (Å²) in [7, 11) is 0. The van der Waals surface area contributed by atoms with E-state index >= 15 is 0 Å². The third-order valence-electron chi connectivity index (χ3n) is 3.30. The largest absolute Gasteiger partial charge is 0.304 e. The van der Waals surface area contributed by atoms with Gasteiger partial charge in [-0.3, -0.25) is 4.79 Å². The zero-order valence-corrected chi connectivity index (χ0v) is 13.5. The Kier molecular flexibility index (Phi) is 4.45. The molecule has 6 heteroatoms. The number of amidine groups is 1. The van der Waals surface area contributed by atoms with Crippen LogP contribution in [0.25, 0.3) is 0 Å². The normalized spacial score (nSPS) is 19.5. The minimum atomic E-state index is -0.177. The monoisotopic (exact) mass is 331 g/mol. The number of hydrogen-bond donors (Lipinski definition) is 1. The van der Waals surface area contributed by atoms with Crippen molar-refractivity contribution < 1.29 is 4.79 Å². The van der Waals surface area contributed by atoms with Crippen LogP contribution in [0.2, 0.25) is 5.02 Å². The predicted octanol–water partition coefficient (Wildman–Crippen LogP) is 3.51. The average Bonchev–Trinajstić information content (AvgIpc) is 2.84. The number of benzene rings is 1. The summed E-state index contributed by atoms with van der Waals surface area (Å²) >= 11 is 7.31. The first-order valence-corrected chi connectivity index (χ1v) is 8.10. The van der Waals surface area contributed by atoms with Gasteiger partial charge in [-0.2, -0.15) is 0 Å². The van der Waals surface area contributed by atoms with Crippen molar-refractivity contribution in [1.82, 2.24) is 10.3 Å². The molecule has 0 bridgehead atoms. The molecule has 0 spiro atoms. The molecule has 0 aliphatic carbocycles. The lowest BCUT2D eigenvalue weighted by atomic mass is 10.1. The van der Waals surface area contributed by atoms with Gasteiger partial charge in [0.05, 0.1) is 5.25 Å². The number of hydrogen-bond acceptors (Lipinski definition) is 4. The second kappa shape index (κ2) is 6.50. The van der Waals surface area contributed by atoms with E-state index in [1.54, 1.807) is 6.20 Å². The van der Waals surface area contributed by atoms with Crippen molar-refractivity contribution in [2.45, 2.75) is 18.6 Å². The Hall–Kier alpha value is -1.85. The molecule has 1 aliphatic heterocycles. The van der Waals surface area contributed by atoms with Gasteiger partial charge in [-0.05, 0) is 42.7 Å². The maximum Gasteiger partial charge on any atom is 0.239 e. The SMILES string of the molecule is Cc1cccnc1/N=C1/NC(=O)C(Cc2ccc(Cl)cc2)S1. The van der Waals surface area contributed by atoms with Crippen molar-refractivity contribution >= 4 is 40.3 Å². The third kappa shape index (κ3) is 3.48. The summed E-state index contributed by atoms with van der Waals surface area (Å²) in [5.74, 6) is 0.615. The van der Waals surface area contributed by atoms with E-state index in [2.05, 4.69) is 15.3 Å². The molecule has 2 heterocycles. The quantitative estimate of drug-likeness (QED) is 0.936. The van der Waals surface area contributed by atoms with E-state index in [1.807, 2.05) is 43.3 Å². The molecule has 1 N–H and O–H groups in total. The lowest BCUT2D eigenvalue weighted by molar-refractivity contribution is -0.118. The minimum Gasteiger partial charge on any atom is -0.304 e. The van der Waals surface area contributed by atoms with Gasteiger partial charge in [0, 0.05) is 11.2 Å². The summed E-state index contributed by atoms with van der Waals surface area (Å²) in [6.45, 7) is 1.94. The van der Waals surface area contributed by atoms with E-state index in [4.69, 9.17) is 11.6 Å². The van der Waals surface area contributed by atoms with Gasteiger partial charge in [0.25, 0.3) is 0 Å². The number of carbonyl (C=O) groups excluding carboxylic acids is 1. The lowest BCUT2D eigenvalue weighted by Crippen LogP contribution is -2.26. The summed E-state index contributed by atoms with van der Waals surface area (Å²) in [6, 6.07) is 11.4. The van der Waals surface area contributed by atoms with E-state index in [9.17, 15) is 4.79 Å². The Labute approximate surface area is 138 Å². The number of thioether (sulfide) groups is 1. The highest BCUT2D eigenvalue weighted by Gasteiger charge is 2.30. The highest BCUT2D eigenvalue weighted by atomic mass is 35.5. The van der Waals surface area contributed by atoms with E-state index in [0.717, 1.165) is 11.1 Å². The van der Waals surface area contributed by atoms with Crippen molar-refractivity contribution in [2.24, 2.45) is 4.99 Å². The number of aliphatic imine (C=N–C) groups is 1. The number of aromatic nitrogens is 1. The number of nitrogens with one attached hydrogen (secondary N) is 1. The smallest absolute Gasteiger partial charge is 0.239 e. The second-order valence-corrected chi connectivity index (χ2v) is 6.62. The Morgan fingerprint density at radius 2 is 2.09 bits per heavy atom. The average molecular weight is 332 g/mol. The van der Waals surface area contributed by atoms with Crippen LogP contribution in [0, 0.1) is 6.92 Å². The van der Waals surface area contributed by atoms with Crippen molar-refractivity contribution in [2.75, 3.05) is 0 Å². The van der Waals surface area contributed by atoms with Crippen molar-refractivity contribution in [3.63, 3.8) is 0 Å². The van der Waals surface area contributed by atoms with Crippen LogP contribution in [-0.4, -0.2) is 21.3 Å². The van der Waals surface area contributed by atoms with Gasteiger partial charge in [-0.1, -0.05) is 41.6 Å². The zero-order valence-electron chi connectivity index (χ0n) is 11.9. The molecule has 0 saturated carbocycles. The number of amides is 1. The Balaban J connectivity index is 1.73. The van der Waals surface area contributed by atoms with Crippen molar-refractivity contribution in [1.29, 1.82) is 0 Å². The molecule has 1 atom stereocenters. The fourth-order valence-electron chi connectivity index (χ4n) is 2.12. The van der Waals surface area contributed by atoms with E-state index < -0.39 is 0 Å². The summed E-state index contributed by atoms with van der Waals surface area (Å²) in [5, 5.41) is 3.94. The molecule has 112 valence electrons. The highest BCUT2D eigenvalue weighted by Crippen LogP contribution is 2.26. The Morgan fingerprint density at radius 3 is 2.82 bits per heavy atom. The molecule has 1 fully saturated rings. The predicted molar refractivity (Wildman–Crippen MR) is 90.7 cm³/mol. The standard InChI is InChI=1S/C16H14ClN3OS/c1-10-3-2-8-18-14(10)19-16-20-15(21)13(22-16)9-11-4-6-12(17)7-5-11/h2-8,13H,9H2,1H3,(H,18,19,20,21). The number of rotatable bonds is 3. The molecule has 4 nitrogen and oxygen atoms in total. The number of pyridine rings is 1. The fraction of sp³-hybridized carbons (Fsp3) is 0.188. The van der Waals surface area contributed by atoms with Crippen LogP contribution in [0.4, 0.5) is 5.82 Å². The number of carbonyl (C=O) groups is 1. The summed E-state index contributed by atoms with van der Waals surface area (Å²) < 4.78 is 0. The molecule has 1 saturated heterocycles. The topological polar surface area (TPSA) is 54.4 Å². The molecule has 22 heavy (non-hydrogen) atoms. The summed E-state index contributed by atoms with van der Waals surface area (Å²) in [4.78, 5) is 20.7. The Bertz CT molecular complexity index is 730. The van der Waals surface area contributed by atoms with Crippen LogP contribution in [0.3, 0.4) is 0 Å². The van der Waals surface area contributed by atoms with Gasteiger partial charge < -0.3 is 5.32 Å². The van der Waals surface area contributed by atoms with Crippen LogP contribution in [-0.2, 0) is 11.2 Å². The molecule has 1 unspecified atom stereocenters. The van der Waals surface area contributed by atoms with Crippen LogP contribution in [0.15, 0.2) is 47.6 Å². The van der Waals surface area contributed by atoms with Crippen LogP contribution in [0.1, 0.15) is 11.1 Å². The number of halogens is 1. The summed E-state index contributed by atoms with van der Waals surface area (Å²) in [6.07, 6.45) is 2.34. The second-order valence-electron chi connectivity index (χ2n) is 4.99. The highest BCUT2D eigenvalue weighted by molar-refractivity contribution is 8.15. The third-order valence-corrected chi connectivity index (χ3v) is 4.63. The van der Waals surface area contributed by atoms with Gasteiger partial charge in [0.15, 0.2) is 11.0 Å². The number of nitrogens with zero attached hydrogens (tertiary/aromatic N) is 2. The molecule has 1 aliphatic rings. The van der Waals surface area contributed by atoms with Crippen molar-refractivity contribution in [3.05, 3.63) is 58.7 Å². The molecular weight excluding hydrogens is 318 g/mol. The lowest BCUT2D eigenvalue weighted by Gasteiger charge is -2.05. The molecule has 1 amide bonds. The first kappa shape index (κ1) is 15.1. The first-order chi connectivity index (χ1) is 10.6. The minimum absolute atomic E-state index is 0.0210. The van der Waals surface area contributed by atoms with E-state index in [0.29, 0.717) is 22.4 Å². The van der Waals surface area contributed by atoms with E-state index in [-0.39, 0.29) is 11.2 Å². The van der Waals surface area contributed by atoms with Crippen molar-refractivity contribution in [3.8, 4) is 0 Å². The van der Waals surface area contributed by atoms with Gasteiger partial charge in [0.2, 0.25) is 5.91 Å². The molecule has 1 aromatic heterocycles. The van der Waals surface area contributed by atoms with Crippen LogP contribution in [0.5, 0.6) is 0 Å². The van der Waals surface area contributed by atoms with Crippen LogP contribution >= 0.6 is 23.4 Å². The molecular formula is C16H14ClN3OS. The van der Waals surface area contributed by atoms with Gasteiger partial charge in [0.1, 0.15) is 0 Å². The van der Waals surface area contributed by atoms with E-state index in [1.165, 1.54) is 11.8 Å². The molecule has 1 aromatic carbocycles. The van der Waals surface area contributed by atoms with Crippen LogP contribution < -0.4 is 5.32 Å². The molecule has 2 aromatic rings. The maximum atomic E-state index is 12.1. The fourth-order valence-corrected chi connectivity index (χ4v) is 3.25. The zero-order chi connectivity index (χ0) is 15.5.